The molecule has 1 aliphatic heterocycles. The van der Waals surface area contributed by atoms with Crippen LogP contribution in [0.2, 0.25) is 0 Å². The Balaban J connectivity index is 2.15. The average molecular weight is 263 g/mol. The first-order valence-corrected chi connectivity index (χ1v) is 6.23. The molecular formula is C14H17NO4. The molecule has 1 aromatic carbocycles. The molecule has 0 bridgehead atoms. The predicted molar refractivity (Wildman–Crippen MR) is 68.9 cm³/mol. The molecule has 1 fully saturated rings. The summed E-state index contributed by atoms with van der Waals surface area (Å²) in [5.74, 6) is -1.42. The fourth-order valence-corrected chi connectivity index (χ4v) is 2.08. The van der Waals surface area contributed by atoms with Crippen molar-refractivity contribution in [1.29, 1.82) is 0 Å². The number of rotatable bonds is 4. The van der Waals surface area contributed by atoms with Gasteiger partial charge in [-0.05, 0) is 5.56 Å². The van der Waals surface area contributed by atoms with E-state index in [1.165, 1.54) is 7.11 Å². The Kier molecular flexibility index (Phi) is 4.65. The van der Waals surface area contributed by atoms with Crippen LogP contribution in [0, 0.1) is 0 Å². The third-order valence-electron chi connectivity index (χ3n) is 3.13. The molecule has 5 nitrogen and oxygen atoms in total. The lowest BCUT2D eigenvalue weighted by Gasteiger charge is -2.27. The second-order valence-electron chi connectivity index (χ2n) is 4.37. The maximum Gasteiger partial charge on any atom is 0.379 e. The van der Waals surface area contributed by atoms with Crippen molar-refractivity contribution in [3.63, 3.8) is 0 Å². The fourth-order valence-electron chi connectivity index (χ4n) is 2.08. The standard InChI is InChI=1S/C14H17NO4/c1-18-14(17)13(16)12-5-3-2-4-11(12)10-15-6-8-19-9-7-15/h2-5H,6-10H2,1H3. The largest absolute Gasteiger partial charge is 0.463 e. The van der Waals surface area contributed by atoms with Gasteiger partial charge in [0.15, 0.2) is 0 Å². The molecule has 0 amide bonds. The van der Waals surface area contributed by atoms with Gasteiger partial charge in [0.05, 0.1) is 20.3 Å². The minimum absolute atomic E-state index is 0.417. The van der Waals surface area contributed by atoms with Crippen molar-refractivity contribution >= 4 is 11.8 Å². The Morgan fingerprint density at radius 1 is 1.26 bits per heavy atom. The Morgan fingerprint density at radius 3 is 2.63 bits per heavy atom. The summed E-state index contributed by atoms with van der Waals surface area (Å²) in [6, 6.07) is 7.14. The molecule has 0 aliphatic carbocycles. The highest BCUT2D eigenvalue weighted by Gasteiger charge is 2.21. The van der Waals surface area contributed by atoms with E-state index >= 15 is 0 Å². The van der Waals surface area contributed by atoms with E-state index in [0.717, 1.165) is 18.7 Å². The molecule has 0 radical (unpaired) electrons. The van der Waals surface area contributed by atoms with Gasteiger partial charge in [0, 0.05) is 25.2 Å². The normalized spacial score (nSPS) is 16.1. The third-order valence-corrected chi connectivity index (χ3v) is 3.13. The van der Waals surface area contributed by atoms with Crippen molar-refractivity contribution in [2.24, 2.45) is 0 Å². The molecule has 0 N–H and O–H groups in total. The molecular weight excluding hydrogens is 246 g/mol. The first-order valence-electron chi connectivity index (χ1n) is 6.23. The molecule has 0 spiro atoms. The smallest absolute Gasteiger partial charge is 0.379 e. The van der Waals surface area contributed by atoms with Gasteiger partial charge in [-0.1, -0.05) is 24.3 Å². The number of ether oxygens (including phenoxy) is 2. The Bertz CT molecular complexity index is 466. The first kappa shape index (κ1) is 13.7. The zero-order valence-corrected chi connectivity index (χ0v) is 10.9. The van der Waals surface area contributed by atoms with Gasteiger partial charge in [-0.25, -0.2) is 4.79 Å². The number of carbonyl (C=O) groups is 2. The number of ketones is 1. The molecule has 0 unspecified atom stereocenters. The second kappa shape index (κ2) is 6.45. The van der Waals surface area contributed by atoms with E-state index in [-0.39, 0.29) is 0 Å². The van der Waals surface area contributed by atoms with Crippen LogP contribution in [0.25, 0.3) is 0 Å². The molecule has 102 valence electrons. The van der Waals surface area contributed by atoms with Gasteiger partial charge in [0.1, 0.15) is 0 Å². The quantitative estimate of drug-likeness (QED) is 0.458. The number of Topliss-reactive ketones (excluding diaryl/α,β-unsaturated/α-hetero) is 1. The van der Waals surface area contributed by atoms with Crippen molar-refractivity contribution in [2.45, 2.75) is 6.54 Å². The summed E-state index contributed by atoms with van der Waals surface area (Å²) >= 11 is 0. The number of hydrogen-bond acceptors (Lipinski definition) is 5. The second-order valence-corrected chi connectivity index (χ2v) is 4.37. The van der Waals surface area contributed by atoms with E-state index in [4.69, 9.17) is 4.74 Å². The fraction of sp³-hybridized carbons (Fsp3) is 0.429. The maximum absolute atomic E-state index is 11.9. The molecule has 1 aromatic rings. The van der Waals surface area contributed by atoms with Crippen LogP contribution in [0.5, 0.6) is 0 Å². The predicted octanol–water partition coefficient (Wildman–Crippen LogP) is 0.875. The summed E-state index contributed by atoms with van der Waals surface area (Å²) in [6.07, 6.45) is 0. The summed E-state index contributed by atoms with van der Waals surface area (Å²) in [5.41, 5.74) is 1.26. The molecule has 0 atom stereocenters. The first-order chi connectivity index (χ1) is 9.22. The van der Waals surface area contributed by atoms with E-state index in [2.05, 4.69) is 9.64 Å². The van der Waals surface area contributed by atoms with Crippen molar-refractivity contribution in [3.8, 4) is 0 Å². The number of hydrogen-bond donors (Lipinski definition) is 0. The van der Waals surface area contributed by atoms with Gasteiger partial charge in [0.2, 0.25) is 0 Å². The van der Waals surface area contributed by atoms with Crippen LogP contribution in [0.3, 0.4) is 0 Å². The van der Waals surface area contributed by atoms with Crippen LogP contribution < -0.4 is 0 Å². The monoisotopic (exact) mass is 263 g/mol. The number of morpholine rings is 1. The van der Waals surface area contributed by atoms with E-state index in [9.17, 15) is 9.59 Å². The van der Waals surface area contributed by atoms with Gasteiger partial charge < -0.3 is 9.47 Å². The summed E-state index contributed by atoms with van der Waals surface area (Å²) < 4.78 is 9.78. The van der Waals surface area contributed by atoms with Crippen molar-refractivity contribution < 1.29 is 19.1 Å². The average Bonchev–Trinajstić information content (AvgIpc) is 2.47. The number of carbonyl (C=O) groups excluding carboxylic acids is 2. The van der Waals surface area contributed by atoms with Crippen LogP contribution in [-0.2, 0) is 20.8 Å². The molecule has 1 heterocycles. The van der Waals surface area contributed by atoms with Crippen molar-refractivity contribution in [3.05, 3.63) is 35.4 Å². The van der Waals surface area contributed by atoms with Crippen LogP contribution in [0.15, 0.2) is 24.3 Å². The van der Waals surface area contributed by atoms with Crippen LogP contribution in [0.4, 0.5) is 0 Å². The summed E-state index contributed by atoms with van der Waals surface area (Å²) in [4.78, 5) is 25.5. The van der Waals surface area contributed by atoms with Crippen molar-refractivity contribution in [1.82, 2.24) is 4.90 Å². The van der Waals surface area contributed by atoms with Crippen molar-refractivity contribution in [2.75, 3.05) is 33.4 Å². The van der Waals surface area contributed by atoms with E-state index < -0.39 is 11.8 Å². The van der Waals surface area contributed by atoms with Gasteiger partial charge in [-0.15, -0.1) is 0 Å². The molecule has 5 heteroatoms. The minimum Gasteiger partial charge on any atom is -0.463 e. The zero-order valence-electron chi connectivity index (χ0n) is 10.9. The van der Waals surface area contributed by atoms with Gasteiger partial charge >= 0.3 is 5.97 Å². The summed E-state index contributed by atoms with van der Waals surface area (Å²) in [7, 11) is 1.21. The number of esters is 1. The van der Waals surface area contributed by atoms with Crippen LogP contribution in [0.1, 0.15) is 15.9 Å². The maximum atomic E-state index is 11.9. The molecule has 1 aliphatic rings. The lowest BCUT2D eigenvalue weighted by atomic mass is 10.0. The molecule has 2 rings (SSSR count). The van der Waals surface area contributed by atoms with E-state index in [0.29, 0.717) is 25.3 Å². The highest BCUT2D eigenvalue weighted by atomic mass is 16.5. The van der Waals surface area contributed by atoms with Crippen LogP contribution in [-0.4, -0.2) is 50.1 Å². The Labute approximate surface area is 112 Å². The number of nitrogens with zero attached hydrogens (tertiary/aromatic N) is 1. The Morgan fingerprint density at radius 2 is 1.95 bits per heavy atom. The topological polar surface area (TPSA) is 55.8 Å². The molecule has 1 saturated heterocycles. The van der Waals surface area contributed by atoms with Gasteiger partial charge in [-0.3, -0.25) is 9.69 Å². The number of methoxy groups -OCH3 is 1. The zero-order chi connectivity index (χ0) is 13.7. The molecule has 0 saturated carbocycles. The van der Waals surface area contributed by atoms with E-state index in [1.807, 2.05) is 12.1 Å². The highest BCUT2D eigenvalue weighted by molar-refractivity contribution is 6.40. The Hall–Kier alpha value is -1.72. The highest BCUT2D eigenvalue weighted by Crippen LogP contribution is 2.14. The summed E-state index contributed by atoms with van der Waals surface area (Å²) in [6.45, 7) is 3.71. The molecule has 19 heavy (non-hydrogen) atoms. The lowest BCUT2D eigenvalue weighted by molar-refractivity contribution is -0.135. The van der Waals surface area contributed by atoms with Gasteiger partial charge in [-0.2, -0.15) is 0 Å². The number of benzene rings is 1. The van der Waals surface area contributed by atoms with Crippen LogP contribution >= 0.6 is 0 Å². The van der Waals surface area contributed by atoms with E-state index in [1.54, 1.807) is 12.1 Å². The third kappa shape index (κ3) is 3.39. The minimum atomic E-state index is -0.825. The summed E-state index contributed by atoms with van der Waals surface area (Å²) in [5, 5.41) is 0. The molecule has 0 aromatic heterocycles. The SMILES string of the molecule is COC(=O)C(=O)c1ccccc1CN1CCOCC1. The lowest BCUT2D eigenvalue weighted by Crippen LogP contribution is -2.36. The van der Waals surface area contributed by atoms with Gasteiger partial charge in [0.25, 0.3) is 5.78 Å².